The van der Waals surface area contributed by atoms with Crippen molar-refractivity contribution in [2.24, 2.45) is 0 Å². The molecular weight excluding hydrogens is 340 g/mol. The number of alkyl halides is 1. The van der Waals surface area contributed by atoms with E-state index in [1.54, 1.807) is 0 Å². The highest BCUT2D eigenvalue weighted by Gasteiger charge is 2.19. The van der Waals surface area contributed by atoms with E-state index in [0.29, 0.717) is 12.7 Å². The van der Waals surface area contributed by atoms with Crippen molar-refractivity contribution in [3.05, 3.63) is 28.2 Å². The van der Waals surface area contributed by atoms with Crippen molar-refractivity contribution in [2.75, 3.05) is 13.2 Å². The average molecular weight is 362 g/mol. The van der Waals surface area contributed by atoms with Gasteiger partial charge in [-0.3, -0.25) is 0 Å². The number of rotatable bonds is 6. The quantitative estimate of drug-likeness (QED) is 0.625. The molecule has 1 heterocycles. The lowest BCUT2D eigenvalue weighted by Crippen LogP contribution is -2.19. The van der Waals surface area contributed by atoms with Gasteiger partial charge in [0.25, 0.3) is 0 Å². The van der Waals surface area contributed by atoms with Crippen LogP contribution >= 0.6 is 27.5 Å². The molecule has 0 saturated carbocycles. The van der Waals surface area contributed by atoms with Gasteiger partial charge in [-0.05, 0) is 57.2 Å². The first-order chi connectivity index (χ1) is 9.70. The summed E-state index contributed by atoms with van der Waals surface area (Å²) in [6, 6.07) is 6.03. The maximum absolute atomic E-state index is 6.58. The van der Waals surface area contributed by atoms with E-state index in [1.165, 1.54) is 19.3 Å². The van der Waals surface area contributed by atoms with Crippen LogP contribution in [0.2, 0.25) is 0 Å². The molecule has 0 N–H and O–H groups in total. The van der Waals surface area contributed by atoms with Crippen LogP contribution in [0, 0.1) is 0 Å². The molecule has 2 rings (SSSR count). The summed E-state index contributed by atoms with van der Waals surface area (Å²) >= 11 is 10.1. The van der Waals surface area contributed by atoms with Gasteiger partial charge in [0.1, 0.15) is 5.75 Å². The van der Waals surface area contributed by atoms with Gasteiger partial charge in [0.05, 0.1) is 18.1 Å². The van der Waals surface area contributed by atoms with Crippen LogP contribution in [0.5, 0.6) is 5.75 Å². The molecule has 2 unspecified atom stereocenters. The Kier molecular flexibility index (Phi) is 6.66. The number of hydrogen-bond donors (Lipinski definition) is 0. The second-order valence-corrected chi connectivity index (χ2v) is 6.59. The van der Waals surface area contributed by atoms with Crippen molar-refractivity contribution in [3.8, 4) is 5.75 Å². The first-order valence-corrected chi connectivity index (χ1v) is 8.61. The van der Waals surface area contributed by atoms with Gasteiger partial charge in [-0.25, -0.2) is 0 Å². The van der Waals surface area contributed by atoms with Gasteiger partial charge < -0.3 is 9.47 Å². The largest absolute Gasteiger partial charge is 0.494 e. The van der Waals surface area contributed by atoms with Gasteiger partial charge in [-0.2, -0.15) is 0 Å². The average Bonchev–Trinajstić information content (AvgIpc) is 2.48. The third kappa shape index (κ3) is 4.64. The van der Waals surface area contributed by atoms with E-state index in [-0.39, 0.29) is 5.38 Å². The minimum absolute atomic E-state index is 0.0282. The van der Waals surface area contributed by atoms with Crippen LogP contribution in [0.15, 0.2) is 22.7 Å². The zero-order valence-corrected chi connectivity index (χ0v) is 14.3. The summed E-state index contributed by atoms with van der Waals surface area (Å²) in [5.74, 6) is 0.889. The van der Waals surface area contributed by atoms with Gasteiger partial charge in [0.2, 0.25) is 0 Å². The summed E-state index contributed by atoms with van der Waals surface area (Å²) in [5, 5.41) is -0.0282. The Bertz CT molecular complexity index is 419. The predicted molar refractivity (Wildman–Crippen MR) is 86.7 cm³/mol. The molecule has 20 heavy (non-hydrogen) atoms. The van der Waals surface area contributed by atoms with E-state index in [1.807, 2.05) is 19.1 Å². The molecule has 0 radical (unpaired) electrons. The molecule has 0 bridgehead atoms. The molecule has 1 aromatic rings. The van der Waals surface area contributed by atoms with Gasteiger partial charge in [-0.15, -0.1) is 11.6 Å². The standard InChI is InChI=1S/C16H22BrClO2/c1-2-19-16-9-6-12(17)11-14(16)15(18)8-7-13-5-3-4-10-20-13/h6,9,11,13,15H,2-5,7-8,10H2,1H3. The van der Waals surface area contributed by atoms with E-state index < -0.39 is 0 Å². The fourth-order valence-electron chi connectivity index (χ4n) is 2.57. The summed E-state index contributed by atoms with van der Waals surface area (Å²) in [6.45, 7) is 3.55. The minimum Gasteiger partial charge on any atom is -0.494 e. The van der Waals surface area contributed by atoms with E-state index >= 15 is 0 Å². The van der Waals surface area contributed by atoms with Crippen molar-refractivity contribution < 1.29 is 9.47 Å². The number of benzene rings is 1. The van der Waals surface area contributed by atoms with Crippen LogP contribution in [-0.2, 0) is 4.74 Å². The van der Waals surface area contributed by atoms with E-state index in [2.05, 4.69) is 22.0 Å². The summed E-state index contributed by atoms with van der Waals surface area (Å²) < 4.78 is 12.5. The third-order valence-electron chi connectivity index (χ3n) is 3.63. The van der Waals surface area contributed by atoms with E-state index in [9.17, 15) is 0 Å². The van der Waals surface area contributed by atoms with Gasteiger partial charge in [0.15, 0.2) is 0 Å². The van der Waals surface area contributed by atoms with E-state index in [4.69, 9.17) is 21.1 Å². The molecule has 0 spiro atoms. The molecule has 4 heteroatoms. The maximum Gasteiger partial charge on any atom is 0.124 e. The molecule has 1 aliphatic heterocycles. The zero-order chi connectivity index (χ0) is 14.4. The fourth-order valence-corrected chi connectivity index (χ4v) is 3.25. The van der Waals surface area contributed by atoms with Gasteiger partial charge >= 0.3 is 0 Å². The summed E-state index contributed by atoms with van der Waals surface area (Å²) in [6.07, 6.45) is 5.96. The topological polar surface area (TPSA) is 18.5 Å². The SMILES string of the molecule is CCOc1ccc(Br)cc1C(Cl)CCC1CCCCO1. The van der Waals surface area contributed by atoms with Crippen LogP contribution in [0.3, 0.4) is 0 Å². The Balaban J connectivity index is 1.96. The second-order valence-electron chi connectivity index (χ2n) is 5.15. The monoisotopic (exact) mass is 360 g/mol. The number of ether oxygens (including phenoxy) is 2. The van der Waals surface area contributed by atoms with Crippen LogP contribution in [-0.4, -0.2) is 19.3 Å². The number of halogens is 2. The van der Waals surface area contributed by atoms with Crippen molar-refractivity contribution in [3.63, 3.8) is 0 Å². The zero-order valence-electron chi connectivity index (χ0n) is 11.9. The van der Waals surface area contributed by atoms with Crippen LogP contribution in [0.25, 0.3) is 0 Å². The molecule has 0 aliphatic carbocycles. The summed E-state index contributed by atoms with van der Waals surface area (Å²) in [5.41, 5.74) is 1.07. The molecule has 112 valence electrons. The van der Waals surface area contributed by atoms with Crippen molar-refractivity contribution in [2.45, 2.75) is 50.5 Å². The van der Waals surface area contributed by atoms with Crippen molar-refractivity contribution in [1.82, 2.24) is 0 Å². The van der Waals surface area contributed by atoms with Gasteiger partial charge in [0, 0.05) is 16.6 Å². The molecule has 1 aromatic carbocycles. The predicted octanol–water partition coefficient (Wildman–Crippen LogP) is 5.48. The Morgan fingerprint density at radius 1 is 1.45 bits per heavy atom. The molecule has 1 fully saturated rings. The van der Waals surface area contributed by atoms with Crippen LogP contribution in [0.1, 0.15) is 50.0 Å². The van der Waals surface area contributed by atoms with Crippen LogP contribution in [0.4, 0.5) is 0 Å². The molecule has 1 aliphatic rings. The lowest BCUT2D eigenvalue weighted by Gasteiger charge is -2.24. The molecule has 1 saturated heterocycles. The Labute approximate surface area is 134 Å². The molecule has 2 nitrogen and oxygen atoms in total. The lowest BCUT2D eigenvalue weighted by atomic mass is 10.0. The molecular formula is C16H22BrClO2. The van der Waals surface area contributed by atoms with E-state index in [0.717, 1.165) is 35.2 Å². The second kappa shape index (κ2) is 8.26. The lowest BCUT2D eigenvalue weighted by molar-refractivity contribution is 0.00998. The highest BCUT2D eigenvalue weighted by molar-refractivity contribution is 9.10. The highest BCUT2D eigenvalue weighted by Crippen LogP contribution is 2.36. The maximum atomic E-state index is 6.58. The van der Waals surface area contributed by atoms with Crippen LogP contribution < -0.4 is 4.74 Å². The highest BCUT2D eigenvalue weighted by atomic mass is 79.9. The van der Waals surface area contributed by atoms with Crippen molar-refractivity contribution >= 4 is 27.5 Å². The molecule has 0 aromatic heterocycles. The number of hydrogen-bond acceptors (Lipinski definition) is 2. The first kappa shape index (κ1) is 16.1. The Morgan fingerprint density at radius 3 is 3.00 bits per heavy atom. The smallest absolute Gasteiger partial charge is 0.124 e. The van der Waals surface area contributed by atoms with Gasteiger partial charge in [-0.1, -0.05) is 15.9 Å². The Morgan fingerprint density at radius 2 is 2.30 bits per heavy atom. The first-order valence-electron chi connectivity index (χ1n) is 7.38. The molecule has 0 amide bonds. The third-order valence-corrected chi connectivity index (χ3v) is 4.57. The fraction of sp³-hybridized carbons (Fsp3) is 0.625. The normalized spacial score (nSPS) is 20.6. The Hall–Kier alpha value is -0.250. The molecule has 2 atom stereocenters. The minimum atomic E-state index is -0.0282. The summed E-state index contributed by atoms with van der Waals surface area (Å²) in [4.78, 5) is 0. The summed E-state index contributed by atoms with van der Waals surface area (Å²) in [7, 11) is 0. The van der Waals surface area contributed by atoms with Crippen molar-refractivity contribution in [1.29, 1.82) is 0 Å².